The van der Waals surface area contributed by atoms with Crippen LogP contribution in [0.25, 0.3) is 0 Å². The van der Waals surface area contributed by atoms with Crippen LogP contribution >= 0.6 is 23.2 Å². The Balaban J connectivity index is 2.45. The molecule has 88 valence electrons. The summed E-state index contributed by atoms with van der Waals surface area (Å²) in [5.74, 6) is -0.559. The Hall–Kier alpha value is -1.12. The van der Waals surface area contributed by atoms with E-state index in [-0.39, 0.29) is 17.1 Å². The number of halogens is 2. The molecular weight excluding hydrogens is 259 g/mol. The van der Waals surface area contributed by atoms with Crippen molar-refractivity contribution >= 4 is 34.8 Å². The molecule has 0 aliphatic heterocycles. The molecule has 0 N–H and O–H groups in total. The first-order valence-corrected chi connectivity index (χ1v) is 6.08. The fraction of sp³-hybridized carbons (Fsp3) is 0.231. The molecule has 0 atom stereocenters. The van der Waals surface area contributed by atoms with Crippen molar-refractivity contribution in [2.75, 3.05) is 0 Å². The molecule has 17 heavy (non-hydrogen) atoms. The van der Waals surface area contributed by atoms with Gasteiger partial charge in [0.25, 0.3) is 0 Å². The summed E-state index contributed by atoms with van der Waals surface area (Å²) in [5.41, 5.74) is 0.434. The molecule has 2 rings (SSSR count). The zero-order valence-corrected chi connectivity index (χ0v) is 10.5. The van der Waals surface area contributed by atoms with Crippen molar-refractivity contribution in [2.45, 2.75) is 19.3 Å². The van der Waals surface area contributed by atoms with Crippen molar-refractivity contribution in [1.29, 1.82) is 0 Å². The molecule has 1 aromatic rings. The van der Waals surface area contributed by atoms with Gasteiger partial charge in [-0.05, 0) is 25.0 Å². The van der Waals surface area contributed by atoms with Crippen molar-refractivity contribution in [2.24, 2.45) is 0 Å². The standard InChI is InChI=1S/C13H10Cl2O2/c14-9-5-2-1-4-8(9)13(17)12-10(15)6-3-7-11(12)16/h1-2,4-5H,3,6-7H2. The van der Waals surface area contributed by atoms with Gasteiger partial charge in [-0.25, -0.2) is 0 Å². The van der Waals surface area contributed by atoms with E-state index in [0.717, 1.165) is 0 Å². The number of rotatable bonds is 2. The summed E-state index contributed by atoms with van der Waals surface area (Å²) in [4.78, 5) is 23.9. The zero-order valence-electron chi connectivity index (χ0n) is 9.00. The van der Waals surface area contributed by atoms with Crippen molar-refractivity contribution in [3.63, 3.8) is 0 Å². The second-order valence-corrected chi connectivity index (χ2v) is 4.73. The minimum absolute atomic E-state index is 0.103. The Morgan fingerprint density at radius 1 is 1.12 bits per heavy atom. The van der Waals surface area contributed by atoms with Crippen molar-refractivity contribution < 1.29 is 9.59 Å². The summed E-state index contributed by atoms with van der Waals surface area (Å²) >= 11 is 11.9. The number of benzene rings is 1. The Labute approximate surface area is 109 Å². The molecule has 0 amide bonds. The highest BCUT2D eigenvalue weighted by Gasteiger charge is 2.27. The fourth-order valence-corrected chi connectivity index (χ4v) is 2.38. The number of hydrogen-bond donors (Lipinski definition) is 0. The van der Waals surface area contributed by atoms with Crippen LogP contribution in [0.5, 0.6) is 0 Å². The van der Waals surface area contributed by atoms with Crippen LogP contribution in [0, 0.1) is 0 Å². The molecule has 0 fully saturated rings. The van der Waals surface area contributed by atoms with E-state index >= 15 is 0 Å². The highest BCUT2D eigenvalue weighted by molar-refractivity contribution is 6.42. The maximum atomic E-state index is 12.2. The Morgan fingerprint density at radius 3 is 2.47 bits per heavy atom. The van der Waals surface area contributed by atoms with Gasteiger partial charge in [-0.1, -0.05) is 35.3 Å². The van der Waals surface area contributed by atoms with Gasteiger partial charge in [0.05, 0.1) is 10.6 Å². The third kappa shape index (κ3) is 2.43. The average Bonchev–Trinajstić information content (AvgIpc) is 2.29. The van der Waals surface area contributed by atoms with Crippen LogP contribution in [0.2, 0.25) is 5.02 Å². The number of allylic oxidation sites excluding steroid dienone is 2. The predicted molar refractivity (Wildman–Crippen MR) is 67.5 cm³/mol. The molecule has 0 aromatic heterocycles. The van der Waals surface area contributed by atoms with Crippen LogP contribution in [-0.2, 0) is 4.79 Å². The largest absolute Gasteiger partial charge is 0.294 e. The topological polar surface area (TPSA) is 34.1 Å². The molecule has 0 spiro atoms. The first-order chi connectivity index (χ1) is 8.11. The number of hydrogen-bond acceptors (Lipinski definition) is 2. The summed E-state index contributed by atoms with van der Waals surface area (Å²) in [6.07, 6.45) is 1.66. The fourth-order valence-electron chi connectivity index (χ4n) is 1.84. The summed E-state index contributed by atoms with van der Waals surface area (Å²) in [7, 11) is 0. The van der Waals surface area contributed by atoms with Gasteiger partial charge in [-0.3, -0.25) is 9.59 Å². The molecular formula is C13H10Cl2O2. The second kappa shape index (κ2) is 5.03. The molecule has 1 aromatic carbocycles. The minimum Gasteiger partial charge on any atom is -0.294 e. The highest BCUT2D eigenvalue weighted by atomic mass is 35.5. The van der Waals surface area contributed by atoms with Crippen LogP contribution < -0.4 is 0 Å². The van der Waals surface area contributed by atoms with Gasteiger partial charge in [0.1, 0.15) is 0 Å². The third-order valence-corrected chi connectivity index (χ3v) is 3.40. The van der Waals surface area contributed by atoms with Gasteiger partial charge in [0.15, 0.2) is 11.6 Å². The van der Waals surface area contributed by atoms with E-state index in [1.54, 1.807) is 24.3 Å². The number of ketones is 2. The minimum atomic E-state index is -0.370. The van der Waals surface area contributed by atoms with Crippen molar-refractivity contribution in [3.05, 3.63) is 45.5 Å². The molecule has 0 heterocycles. The Morgan fingerprint density at radius 2 is 1.82 bits per heavy atom. The number of carbonyl (C=O) groups excluding carboxylic acids is 2. The summed E-state index contributed by atoms with van der Waals surface area (Å²) in [6, 6.07) is 6.67. The lowest BCUT2D eigenvalue weighted by Crippen LogP contribution is -2.18. The van der Waals surface area contributed by atoms with Crippen LogP contribution in [0.4, 0.5) is 0 Å². The SMILES string of the molecule is O=C1CCCC(Cl)=C1C(=O)c1ccccc1Cl. The lowest BCUT2D eigenvalue weighted by molar-refractivity contribution is -0.115. The quantitative estimate of drug-likeness (QED) is 0.605. The monoisotopic (exact) mass is 268 g/mol. The Bertz CT molecular complexity index is 518. The van der Waals surface area contributed by atoms with E-state index in [9.17, 15) is 9.59 Å². The predicted octanol–water partition coefficient (Wildman–Crippen LogP) is 3.77. The van der Waals surface area contributed by atoms with E-state index in [4.69, 9.17) is 23.2 Å². The molecule has 0 radical (unpaired) electrons. The van der Waals surface area contributed by atoms with Gasteiger partial charge in [-0.15, -0.1) is 0 Å². The first kappa shape index (κ1) is 12.3. The van der Waals surface area contributed by atoms with E-state index in [2.05, 4.69) is 0 Å². The van der Waals surface area contributed by atoms with Gasteiger partial charge < -0.3 is 0 Å². The van der Waals surface area contributed by atoms with Crippen LogP contribution in [0.1, 0.15) is 29.6 Å². The zero-order chi connectivity index (χ0) is 12.4. The van der Waals surface area contributed by atoms with Gasteiger partial charge in [0.2, 0.25) is 0 Å². The average molecular weight is 269 g/mol. The van der Waals surface area contributed by atoms with E-state index in [1.165, 1.54) is 0 Å². The van der Waals surface area contributed by atoms with E-state index in [0.29, 0.717) is 34.9 Å². The van der Waals surface area contributed by atoms with Gasteiger partial charge >= 0.3 is 0 Å². The van der Waals surface area contributed by atoms with Crippen molar-refractivity contribution in [1.82, 2.24) is 0 Å². The normalized spacial score (nSPS) is 16.2. The van der Waals surface area contributed by atoms with Gasteiger partial charge in [-0.2, -0.15) is 0 Å². The van der Waals surface area contributed by atoms with Crippen molar-refractivity contribution in [3.8, 4) is 0 Å². The summed E-state index contributed by atoms with van der Waals surface area (Å²) < 4.78 is 0. The lowest BCUT2D eigenvalue weighted by Gasteiger charge is -2.14. The van der Waals surface area contributed by atoms with Crippen LogP contribution in [0.15, 0.2) is 34.9 Å². The van der Waals surface area contributed by atoms with E-state index in [1.807, 2.05) is 0 Å². The first-order valence-electron chi connectivity index (χ1n) is 5.32. The second-order valence-electron chi connectivity index (χ2n) is 3.87. The molecule has 0 unspecified atom stereocenters. The lowest BCUT2D eigenvalue weighted by atomic mass is 9.91. The highest BCUT2D eigenvalue weighted by Crippen LogP contribution is 2.29. The molecule has 1 aliphatic carbocycles. The molecule has 0 bridgehead atoms. The molecule has 1 aliphatic rings. The smallest absolute Gasteiger partial charge is 0.199 e. The third-order valence-electron chi connectivity index (χ3n) is 2.70. The summed E-state index contributed by atoms with van der Waals surface area (Å²) in [6.45, 7) is 0. The molecule has 0 saturated heterocycles. The Kier molecular flexibility index (Phi) is 3.65. The van der Waals surface area contributed by atoms with E-state index < -0.39 is 0 Å². The summed E-state index contributed by atoms with van der Waals surface area (Å²) in [5, 5.41) is 0.694. The molecule has 4 heteroatoms. The maximum absolute atomic E-state index is 12.2. The van der Waals surface area contributed by atoms with Crippen LogP contribution in [0.3, 0.4) is 0 Å². The van der Waals surface area contributed by atoms with Crippen LogP contribution in [-0.4, -0.2) is 11.6 Å². The maximum Gasteiger partial charge on any atom is 0.199 e. The molecule has 2 nitrogen and oxygen atoms in total. The number of Topliss-reactive ketones (excluding diaryl/α,β-unsaturated/α-hetero) is 2. The number of carbonyl (C=O) groups is 2. The van der Waals surface area contributed by atoms with Gasteiger partial charge in [0, 0.05) is 17.0 Å². The molecule has 0 saturated carbocycles.